The first-order valence-corrected chi connectivity index (χ1v) is 4.14. The first kappa shape index (κ1) is 11.2. The van der Waals surface area contributed by atoms with Gasteiger partial charge in [-0.25, -0.2) is 0 Å². The van der Waals surface area contributed by atoms with Gasteiger partial charge >= 0.3 is 0 Å². The van der Waals surface area contributed by atoms with E-state index in [0.717, 1.165) is 6.54 Å². The van der Waals surface area contributed by atoms with Crippen molar-refractivity contribution >= 4 is 5.91 Å². The van der Waals surface area contributed by atoms with Gasteiger partial charge in [0.25, 0.3) is 0 Å². The Morgan fingerprint density at radius 3 is 2.42 bits per heavy atom. The summed E-state index contributed by atoms with van der Waals surface area (Å²) in [6, 6.07) is -0.0713. The molecule has 0 radical (unpaired) electrons. The number of hydrogen-bond acceptors (Lipinski definition) is 2. The minimum atomic E-state index is -0.0713. The molecule has 0 aliphatic rings. The second kappa shape index (κ2) is 4.93. The predicted octanol–water partition coefficient (Wildman–Crippen LogP) is 0.928. The predicted molar refractivity (Wildman–Crippen MR) is 50.7 cm³/mol. The molecule has 0 spiro atoms. The Morgan fingerprint density at radius 2 is 2.08 bits per heavy atom. The second-order valence-electron chi connectivity index (χ2n) is 2.88. The van der Waals surface area contributed by atoms with Crippen molar-refractivity contribution in [3.05, 3.63) is 12.8 Å². The van der Waals surface area contributed by atoms with Crippen LogP contribution < -0.4 is 0 Å². The molecule has 70 valence electrons. The van der Waals surface area contributed by atoms with Crippen LogP contribution in [0, 0.1) is 0 Å². The Labute approximate surface area is 74.7 Å². The SMILES string of the molecule is C=CN(C)C(=O)C(C)N(C)CC. The zero-order valence-corrected chi connectivity index (χ0v) is 8.37. The quantitative estimate of drug-likeness (QED) is 0.626. The molecule has 0 aromatic rings. The maximum atomic E-state index is 11.5. The molecule has 3 nitrogen and oxygen atoms in total. The highest BCUT2D eigenvalue weighted by Crippen LogP contribution is 1.99. The van der Waals surface area contributed by atoms with Crippen molar-refractivity contribution in [3.8, 4) is 0 Å². The van der Waals surface area contributed by atoms with E-state index in [9.17, 15) is 4.79 Å². The first-order valence-electron chi connectivity index (χ1n) is 4.14. The number of amides is 1. The van der Waals surface area contributed by atoms with E-state index in [-0.39, 0.29) is 11.9 Å². The van der Waals surface area contributed by atoms with Gasteiger partial charge in [-0.1, -0.05) is 13.5 Å². The van der Waals surface area contributed by atoms with Crippen LogP contribution in [0.2, 0.25) is 0 Å². The number of rotatable bonds is 4. The highest BCUT2D eigenvalue weighted by molar-refractivity contribution is 5.81. The van der Waals surface area contributed by atoms with Gasteiger partial charge in [0.05, 0.1) is 6.04 Å². The Morgan fingerprint density at radius 1 is 1.58 bits per heavy atom. The Bertz CT molecular complexity index is 168. The monoisotopic (exact) mass is 170 g/mol. The molecule has 0 aromatic carbocycles. The van der Waals surface area contributed by atoms with E-state index in [0.29, 0.717) is 0 Å². The normalized spacial score (nSPS) is 12.8. The van der Waals surface area contributed by atoms with Crippen LogP contribution in [-0.2, 0) is 4.79 Å². The standard InChI is InChI=1S/C9H18N2O/c1-6-10(4)8(3)9(12)11(5)7-2/h7-8H,2,6H2,1,3-5H3. The Kier molecular flexibility index (Phi) is 4.59. The van der Waals surface area contributed by atoms with Gasteiger partial charge in [-0.15, -0.1) is 0 Å². The summed E-state index contributed by atoms with van der Waals surface area (Å²) in [5.41, 5.74) is 0. The summed E-state index contributed by atoms with van der Waals surface area (Å²) >= 11 is 0. The lowest BCUT2D eigenvalue weighted by molar-refractivity contribution is -0.132. The van der Waals surface area contributed by atoms with Crippen molar-refractivity contribution in [1.29, 1.82) is 0 Å². The molecule has 0 aliphatic carbocycles. The summed E-state index contributed by atoms with van der Waals surface area (Å²) in [6.45, 7) is 8.33. The zero-order chi connectivity index (χ0) is 9.72. The molecule has 0 aromatic heterocycles. The van der Waals surface area contributed by atoms with Crippen molar-refractivity contribution in [2.45, 2.75) is 19.9 Å². The molecule has 0 saturated carbocycles. The van der Waals surface area contributed by atoms with E-state index in [4.69, 9.17) is 0 Å². The molecule has 1 unspecified atom stereocenters. The van der Waals surface area contributed by atoms with Gasteiger partial charge < -0.3 is 4.90 Å². The second-order valence-corrected chi connectivity index (χ2v) is 2.88. The highest BCUT2D eigenvalue weighted by Gasteiger charge is 2.18. The molecule has 0 bridgehead atoms. The van der Waals surface area contributed by atoms with Gasteiger partial charge in [0, 0.05) is 7.05 Å². The van der Waals surface area contributed by atoms with Crippen LogP contribution in [0.15, 0.2) is 12.8 Å². The third-order valence-electron chi connectivity index (χ3n) is 2.14. The van der Waals surface area contributed by atoms with Crippen molar-refractivity contribution < 1.29 is 4.79 Å². The maximum absolute atomic E-state index is 11.5. The van der Waals surface area contributed by atoms with Gasteiger partial charge in [-0.2, -0.15) is 0 Å². The summed E-state index contributed by atoms with van der Waals surface area (Å²) in [7, 11) is 3.65. The van der Waals surface area contributed by atoms with Crippen LogP contribution in [0.25, 0.3) is 0 Å². The van der Waals surface area contributed by atoms with Gasteiger partial charge in [0.2, 0.25) is 5.91 Å². The number of carbonyl (C=O) groups is 1. The molecular weight excluding hydrogens is 152 g/mol. The Hall–Kier alpha value is -0.830. The van der Waals surface area contributed by atoms with Gasteiger partial charge in [0.15, 0.2) is 0 Å². The molecule has 0 saturated heterocycles. The minimum absolute atomic E-state index is 0.0713. The molecule has 12 heavy (non-hydrogen) atoms. The molecule has 0 fully saturated rings. The average molecular weight is 170 g/mol. The first-order chi connectivity index (χ1) is 5.54. The van der Waals surface area contributed by atoms with E-state index in [1.807, 2.05) is 25.8 Å². The summed E-state index contributed by atoms with van der Waals surface area (Å²) in [5.74, 6) is 0.0781. The molecule has 0 aliphatic heterocycles. The van der Waals surface area contributed by atoms with Crippen molar-refractivity contribution in [3.63, 3.8) is 0 Å². The third-order valence-corrected chi connectivity index (χ3v) is 2.14. The lowest BCUT2D eigenvalue weighted by Gasteiger charge is -2.24. The number of hydrogen-bond donors (Lipinski definition) is 0. The molecule has 0 N–H and O–H groups in total. The number of nitrogens with zero attached hydrogens (tertiary/aromatic N) is 2. The van der Waals surface area contributed by atoms with Crippen LogP contribution in [0.1, 0.15) is 13.8 Å². The molecule has 0 rings (SSSR count). The van der Waals surface area contributed by atoms with Gasteiger partial charge in [-0.3, -0.25) is 9.69 Å². The summed E-state index contributed by atoms with van der Waals surface area (Å²) in [6.07, 6.45) is 1.53. The molecule has 0 heterocycles. The fraction of sp³-hybridized carbons (Fsp3) is 0.667. The van der Waals surface area contributed by atoms with E-state index in [2.05, 4.69) is 6.58 Å². The Balaban J connectivity index is 4.18. The number of carbonyl (C=O) groups excluding carboxylic acids is 1. The molecule has 3 heteroatoms. The van der Waals surface area contributed by atoms with Crippen LogP contribution in [0.3, 0.4) is 0 Å². The van der Waals surface area contributed by atoms with Gasteiger partial charge in [-0.05, 0) is 26.7 Å². The van der Waals surface area contributed by atoms with Crippen LogP contribution in [0.5, 0.6) is 0 Å². The van der Waals surface area contributed by atoms with Gasteiger partial charge in [0.1, 0.15) is 0 Å². The van der Waals surface area contributed by atoms with E-state index < -0.39 is 0 Å². The van der Waals surface area contributed by atoms with Crippen LogP contribution in [-0.4, -0.2) is 42.4 Å². The topological polar surface area (TPSA) is 23.6 Å². The molecule has 1 atom stereocenters. The van der Waals surface area contributed by atoms with Crippen molar-refractivity contribution in [2.75, 3.05) is 20.6 Å². The largest absolute Gasteiger partial charge is 0.321 e. The fourth-order valence-corrected chi connectivity index (χ4v) is 0.847. The van der Waals surface area contributed by atoms with E-state index in [1.165, 1.54) is 11.1 Å². The number of likely N-dealkylation sites (N-methyl/N-ethyl adjacent to an activating group) is 2. The minimum Gasteiger partial charge on any atom is -0.321 e. The lowest BCUT2D eigenvalue weighted by Crippen LogP contribution is -2.41. The van der Waals surface area contributed by atoms with Crippen molar-refractivity contribution in [1.82, 2.24) is 9.80 Å². The smallest absolute Gasteiger partial charge is 0.243 e. The summed E-state index contributed by atoms with van der Waals surface area (Å²) < 4.78 is 0. The van der Waals surface area contributed by atoms with E-state index in [1.54, 1.807) is 7.05 Å². The fourth-order valence-electron chi connectivity index (χ4n) is 0.847. The highest BCUT2D eigenvalue weighted by atomic mass is 16.2. The lowest BCUT2D eigenvalue weighted by atomic mass is 10.2. The average Bonchev–Trinajstić information content (AvgIpc) is 2.12. The van der Waals surface area contributed by atoms with Crippen molar-refractivity contribution in [2.24, 2.45) is 0 Å². The van der Waals surface area contributed by atoms with Crippen LogP contribution in [0.4, 0.5) is 0 Å². The summed E-state index contributed by atoms with van der Waals surface area (Å²) in [4.78, 5) is 15.0. The third kappa shape index (κ3) is 2.66. The van der Waals surface area contributed by atoms with Crippen LogP contribution >= 0.6 is 0 Å². The maximum Gasteiger partial charge on any atom is 0.243 e. The summed E-state index contributed by atoms with van der Waals surface area (Å²) in [5, 5.41) is 0. The molecular formula is C9H18N2O. The molecule has 1 amide bonds. The van der Waals surface area contributed by atoms with E-state index >= 15 is 0 Å². The zero-order valence-electron chi connectivity index (χ0n) is 8.37.